The van der Waals surface area contributed by atoms with Crippen molar-refractivity contribution in [1.82, 2.24) is 15.0 Å². The number of fused-ring (bicyclic) bond motifs is 1. The summed E-state index contributed by atoms with van der Waals surface area (Å²) in [4.78, 5) is 24.0. The number of hydrogen-bond donors (Lipinski definition) is 1. The Morgan fingerprint density at radius 2 is 1.88 bits per heavy atom. The number of benzene rings is 2. The third kappa shape index (κ3) is 2.88. The van der Waals surface area contributed by atoms with Crippen molar-refractivity contribution in [2.24, 2.45) is 0 Å². The van der Waals surface area contributed by atoms with Crippen molar-refractivity contribution in [2.75, 3.05) is 7.11 Å². The molecule has 0 radical (unpaired) electrons. The van der Waals surface area contributed by atoms with Crippen LogP contribution in [0.3, 0.4) is 0 Å². The lowest BCUT2D eigenvalue weighted by atomic mass is 9.99. The molecule has 0 unspecified atom stereocenters. The van der Waals surface area contributed by atoms with E-state index >= 15 is 0 Å². The molecule has 0 amide bonds. The number of nitrogens with one attached hydrogen (secondary N) is 1. The van der Waals surface area contributed by atoms with Crippen molar-refractivity contribution in [3.63, 3.8) is 0 Å². The van der Waals surface area contributed by atoms with E-state index in [0.717, 1.165) is 26.9 Å². The molecule has 4 rings (SSSR count). The normalized spacial score (nSPS) is 10.8. The van der Waals surface area contributed by atoms with Crippen LogP contribution < -0.4 is 10.3 Å². The van der Waals surface area contributed by atoms with E-state index in [1.807, 2.05) is 54.6 Å². The minimum atomic E-state index is -0.232. The number of ether oxygens (including phenoxy) is 1. The molecular weight excluding hydrogens is 394 g/mol. The van der Waals surface area contributed by atoms with Crippen molar-refractivity contribution in [2.45, 2.75) is 0 Å². The van der Waals surface area contributed by atoms with Gasteiger partial charge in [0, 0.05) is 21.2 Å². The molecule has 0 bridgehead atoms. The van der Waals surface area contributed by atoms with Gasteiger partial charge in [0.05, 0.1) is 24.5 Å². The Morgan fingerprint density at radius 3 is 2.69 bits per heavy atom. The van der Waals surface area contributed by atoms with E-state index in [4.69, 9.17) is 4.74 Å². The van der Waals surface area contributed by atoms with E-state index in [-0.39, 0.29) is 5.56 Å². The van der Waals surface area contributed by atoms with E-state index in [1.54, 1.807) is 7.11 Å². The lowest BCUT2D eigenvalue weighted by molar-refractivity contribution is 0.416. The number of pyridine rings is 1. The highest BCUT2D eigenvalue weighted by Gasteiger charge is 2.16. The number of H-pyrrole nitrogens is 1. The third-order valence-corrected chi connectivity index (χ3v) is 4.62. The van der Waals surface area contributed by atoms with Crippen LogP contribution >= 0.6 is 15.9 Å². The van der Waals surface area contributed by atoms with Crippen LogP contribution in [0.5, 0.6) is 5.75 Å². The molecule has 0 spiro atoms. The first-order chi connectivity index (χ1) is 12.7. The zero-order chi connectivity index (χ0) is 18.1. The highest BCUT2D eigenvalue weighted by molar-refractivity contribution is 9.10. The van der Waals surface area contributed by atoms with Gasteiger partial charge in [0.15, 0.2) is 5.65 Å². The summed E-state index contributed by atoms with van der Waals surface area (Å²) in [6.07, 6.45) is 1.37. The molecule has 0 aliphatic carbocycles. The fraction of sp³-hybridized carbons (Fsp3) is 0.0500. The molecular formula is C20H14BrN3O2. The largest absolute Gasteiger partial charge is 0.496 e. The zero-order valence-corrected chi connectivity index (χ0v) is 15.4. The van der Waals surface area contributed by atoms with Crippen LogP contribution in [0.25, 0.3) is 33.4 Å². The van der Waals surface area contributed by atoms with Crippen LogP contribution in [0, 0.1) is 0 Å². The first kappa shape index (κ1) is 16.5. The predicted octanol–water partition coefficient (Wildman–Crippen LogP) is 4.42. The Balaban J connectivity index is 2.09. The van der Waals surface area contributed by atoms with Gasteiger partial charge in [-0.2, -0.15) is 0 Å². The Bertz CT molecular complexity index is 1170. The van der Waals surface area contributed by atoms with Gasteiger partial charge in [-0.25, -0.2) is 9.97 Å². The summed E-state index contributed by atoms with van der Waals surface area (Å²) in [7, 11) is 1.61. The summed E-state index contributed by atoms with van der Waals surface area (Å²) in [6.45, 7) is 0. The molecule has 0 aliphatic rings. The van der Waals surface area contributed by atoms with Crippen molar-refractivity contribution in [3.8, 4) is 28.1 Å². The Morgan fingerprint density at radius 1 is 1.04 bits per heavy atom. The molecule has 0 atom stereocenters. The first-order valence-corrected chi connectivity index (χ1v) is 8.74. The van der Waals surface area contributed by atoms with E-state index in [2.05, 4.69) is 30.9 Å². The maximum absolute atomic E-state index is 12.5. The van der Waals surface area contributed by atoms with Crippen molar-refractivity contribution >= 4 is 27.0 Å². The molecule has 5 nitrogen and oxygen atoms in total. The van der Waals surface area contributed by atoms with Gasteiger partial charge >= 0.3 is 0 Å². The number of halogens is 1. The second-order valence-electron chi connectivity index (χ2n) is 5.70. The van der Waals surface area contributed by atoms with Gasteiger partial charge in [-0.1, -0.05) is 46.3 Å². The SMILES string of the molecule is COc1ccccc1-c1cc(-c2cccc(Br)c2)nc2nc[nH]c(=O)c12. The van der Waals surface area contributed by atoms with Gasteiger partial charge in [-0.15, -0.1) is 0 Å². The topological polar surface area (TPSA) is 67.9 Å². The van der Waals surface area contributed by atoms with E-state index < -0.39 is 0 Å². The summed E-state index contributed by atoms with van der Waals surface area (Å²) < 4.78 is 6.45. The molecule has 2 heterocycles. The Labute approximate surface area is 157 Å². The molecule has 4 aromatic rings. The maximum Gasteiger partial charge on any atom is 0.260 e. The molecule has 0 saturated heterocycles. The van der Waals surface area contributed by atoms with Gasteiger partial charge in [0.1, 0.15) is 5.75 Å². The maximum atomic E-state index is 12.5. The first-order valence-electron chi connectivity index (χ1n) is 7.95. The molecule has 6 heteroatoms. The molecule has 0 fully saturated rings. The number of aromatic amines is 1. The van der Waals surface area contributed by atoms with Crippen molar-refractivity contribution < 1.29 is 4.74 Å². The van der Waals surface area contributed by atoms with Gasteiger partial charge in [-0.3, -0.25) is 4.79 Å². The quantitative estimate of drug-likeness (QED) is 0.545. The lowest BCUT2D eigenvalue weighted by Gasteiger charge is -2.12. The van der Waals surface area contributed by atoms with Crippen LogP contribution in [-0.2, 0) is 0 Å². The summed E-state index contributed by atoms with van der Waals surface area (Å²) in [5.41, 5.74) is 3.38. The smallest absolute Gasteiger partial charge is 0.260 e. The van der Waals surface area contributed by atoms with Gasteiger partial charge < -0.3 is 9.72 Å². The third-order valence-electron chi connectivity index (χ3n) is 4.13. The average molecular weight is 408 g/mol. The van der Waals surface area contributed by atoms with E-state index in [0.29, 0.717) is 16.8 Å². The van der Waals surface area contributed by atoms with Crippen LogP contribution in [0.15, 0.2) is 70.2 Å². The molecule has 2 aromatic carbocycles. The van der Waals surface area contributed by atoms with Crippen molar-refractivity contribution in [3.05, 3.63) is 75.8 Å². The van der Waals surface area contributed by atoms with Crippen LogP contribution in [0.1, 0.15) is 0 Å². The number of rotatable bonds is 3. The van der Waals surface area contributed by atoms with Gasteiger partial charge in [-0.05, 0) is 24.3 Å². The highest BCUT2D eigenvalue weighted by Crippen LogP contribution is 2.35. The van der Waals surface area contributed by atoms with E-state index in [9.17, 15) is 4.79 Å². The highest BCUT2D eigenvalue weighted by atomic mass is 79.9. The molecule has 26 heavy (non-hydrogen) atoms. The van der Waals surface area contributed by atoms with E-state index in [1.165, 1.54) is 6.33 Å². The minimum Gasteiger partial charge on any atom is -0.496 e. The summed E-state index contributed by atoms with van der Waals surface area (Å²) in [6, 6.07) is 17.3. The van der Waals surface area contributed by atoms with Crippen LogP contribution in [0.4, 0.5) is 0 Å². The predicted molar refractivity (Wildman–Crippen MR) is 105 cm³/mol. The number of nitrogens with zero attached hydrogens (tertiary/aromatic N) is 2. The molecule has 0 saturated carbocycles. The van der Waals surface area contributed by atoms with Crippen LogP contribution in [-0.4, -0.2) is 22.1 Å². The number of para-hydroxylation sites is 1. The molecule has 128 valence electrons. The van der Waals surface area contributed by atoms with Crippen molar-refractivity contribution in [1.29, 1.82) is 0 Å². The second-order valence-corrected chi connectivity index (χ2v) is 6.61. The zero-order valence-electron chi connectivity index (χ0n) is 13.9. The standard InChI is InChI=1S/C20H14BrN3O2/c1-26-17-8-3-2-7-14(17)15-10-16(12-5-4-6-13(21)9-12)24-19-18(15)20(25)23-11-22-19/h2-11H,1H3,(H,22,23,24,25). The van der Waals surface area contributed by atoms with Gasteiger partial charge in [0.2, 0.25) is 0 Å². The number of aromatic nitrogens is 3. The monoisotopic (exact) mass is 407 g/mol. The average Bonchev–Trinajstić information content (AvgIpc) is 2.67. The van der Waals surface area contributed by atoms with Crippen LogP contribution in [0.2, 0.25) is 0 Å². The summed E-state index contributed by atoms with van der Waals surface area (Å²) >= 11 is 3.49. The summed E-state index contributed by atoms with van der Waals surface area (Å²) in [5.74, 6) is 0.684. The fourth-order valence-electron chi connectivity index (χ4n) is 2.95. The molecule has 2 aromatic heterocycles. The fourth-order valence-corrected chi connectivity index (χ4v) is 3.35. The second kappa shape index (κ2) is 6.72. The minimum absolute atomic E-state index is 0.232. The Kier molecular flexibility index (Phi) is 4.26. The molecule has 1 N–H and O–H groups in total. The Hall–Kier alpha value is -2.99. The molecule has 0 aliphatic heterocycles. The lowest BCUT2D eigenvalue weighted by Crippen LogP contribution is -2.09. The summed E-state index contributed by atoms with van der Waals surface area (Å²) in [5, 5.41) is 0.441. The number of methoxy groups -OCH3 is 1. The van der Waals surface area contributed by atoms with Gasteiger partial charge in [0.25, 0.3) is 5.56 Å². The number of hydrogen-bond acceptors (Lipinski definition) is 4.